The average Bonchev–Trinajstić information content (AvgIpc) is 3.08. The Hall–Kier alpha value is -3.21. The quantitative estimate of drug-likeness (QED) is 0.692. The van der Waals surface area contributed by atoms with Crippen LogP contribution in [-0.4, -0.2) is 33.1 Å². The molecular formula is C14H15N7O. The fourth-order valence-corrected chi connectivity index (χ4v) is 1.71. The lowest BCUT2D eigenvalue weighted by Crippen LogP contribution is -2.24. The van der Waals surface area contributed by atoms with Crippen molar-refractivity contribution in [2.75, 3.05) is 11.9 Å². The van der Waals surface area contributed by atoms with Crippen molar-refractivity contribution in [3.8, 4) is 6.07 Å². The molecule has 0 saturated heterocycles. The first kappa shape index (κ1) is 15.2. The van der Waals surface area contributed by atoms with E-state index in [1.807, 2.05) is 13.0 Å². The predicted molar refractivity (Wildman–Crippen MR) is 80.5 cm³/mol. The molecule has 1 aromatic carbocycles. The standard InChI is InChI=1S/C14H15N7O/c1-2-7-16-14(22)11-5-3-4-6-12(11)17-9-10(8-15)13-18-20-21-19-13/h3-6,9,17H,2,7H2,1H3,(H,16,22)(H,18,19,20,21). The van der Waals surface area contributed by atoms with E-state index >= 15 is 0 Å². The third-order valence-electron chi connectivity index (χ3n) is 2.79. The zero-order valence-electron chi connectivity index (χ0n) is 12.0. The Morgan fingerprint density at radius 3 is 2.95 bits per heavy atom. The van der Waals surface area contributed by atoms with E-state index in [1.165, 1.54) is 6.20 Å². The van der Waals surface area contributed by atoms with Crippen molar-refractivity contribution in [3.05, 3.63) is 41.9 Å². The van der Waals surface area contributed by atoms with Gasteiger partial charge in [-0.1, -0.05) is 19.1 Å². The molecule has 0 aliphatic rings. The zero-order valence-corrected chi connectivity index (χ0v) is 12.0. The van der Waals surface area contributed by atoms with Gasteiger partial charge in [0.1, 0.15) is 11.6 Å². The number of allylic oxidation sites excluding steroid dienone is 1. The van der Waals surface area contributed by atoms with Gasteiger partial charge in [0.25, 0.3) is 5.91 Å². The first-order valence-electron chi connectivity index (χ1n) is 6.74. The van der Waals surface area contributed by atoms with Gasteiger partial charge in [-0.15, -0.1) is 10.2 Å². The maximum absolute atomic E-state index is 12.1. The molecule has 0 spiro atoms. The number of aromatic nitrogens is 4. The summed E-state index contributed by atoms with van der Waals surface area (Å²) in [6.45, 7) is 2.59. The van der Waals surface area contributed by atoms with Crippen LogP contribution in [-0.2, 0) is 0 Å². The predicted octanol–water partition coefficient (Wildman–Crippen LogP) is 1.32. The molecule has 1 heterocycles. The number of hydrogen-bond acceptors (Lipinski definition) is 6. The molecule has 0 aliphatic heterocycles. The van der Waals surface area contributed by atoms with Crippen LogP contribution in [0.1, 0.15) is 29.5 Å². The van der Waals surface area contributed by atoms with Crippen molar-refractivity contribution in [2.45, 2.75) is 13.3 Å². The number of carbonyl (C=O) groups excluding carboxylic acids is 1. The molecule has 0 aliphatic carbocycles. The number of nitrogens with one attached hydrogen (secondary N) is 3. The molecule has 112 valence electrons. The van der Waals surface area contributed by atoms with E-state index in [0.29, 0.717) is 17.8 Å². The number of para-hydroxylation sites is 1. The Balaban J connectivity index is 2.20. The van der Waals surface area contributed by atoms with Crippen LogP contribution in [0.3, 0.4) is 0 Å². The van der Waals surface area contributed by atoms with Gasteiger partial charge in [0, 0.05) is 12.7 Å². The minimum atomic E-state index is -0.170. The lowest BCUT2D eigenvalue weighted by Gasteiger charge is -2.09. The summed E-state index contributed by atoms with van der Waals surface area (Å²) in [4.78, 5) is 12.1. The minimum Gasteiger partial charge on any atom is -0.360 e. The summed E-state index contributed by atoms with van der Waals surface area (Å²) in [5, 5.41) is 28.0. The molecule has 2 rings (SSSR count). The van der Waals surface area contributed by atoms with Crippen LogP contribution < -0.4 is 10.6 Å². The van der Waals surface area contributed by atoms with E-state index in [2.05, 4.69) is 31.3 Å². The Bertz CT molecular complexity index is 700. The highest BCUT2D eigenvalue weighted by atomic mass is 16.1. The summed E-state index contributed by atoms with van der Waals surface area (Å²) < 4.78 is 0. The normalized spacial score (nSPS) is 10.8. The second kappa shape index (κ2) is 7.54. The molecule has 0 fully saturated rings. The Kier molecular flexibility index (Phi) is 5.20. The third-order valence-corrected chi connectivity index (χ3v) is 2.79. The molecule has 8 heteroatoms. The van der Waals surface area contributed by atoms with Gasteiger partial charge in [-0.25, -0.2) is 0 Å². The number of benzene rings is 1. The summed E-state index contributed by atoms with van der Waals surface area (Å²) in [5.41, 5.74) is 1.29. The van der Waals surface area contributed by atoms with Crippen molar-refractivity contribution < 1.29 is 4.79 Å². The Labute approximate surface area is 127 Å². The van der Waals surface area contributed by atoms with Crippen molar-refractivity contribution in [1.29, 1.82) is 5.26 Å². The maximum atomic E-state index is 12.1. The number of anilines is 1. The lowest BCUT2D eigenvalue weighted by molar-refractivity contribution is 0.0954. The second-order valence-corrected chi connectivity index (χ2v) is 4.35. The van der Waals surface area contributed by atoms with Gasteiger partial charge in [0.2, 0.25) is 5.82 Å². The number of nitriles is 1. The molecule has 2 aromatic rings. The van der Waals surface area contributed by atoms with Crippen LogP contribution in [0, 0.1) is 11.3 Å². The van der Waals surface area contributed by atoms with Gasteiger partial charge in [-0.2, -0.15) is 10.5 Å². The van der Waals surface area contributed by atoms with E-state index in [-0.39, 0.29) is 17.3 Å². The lowest BCUT2D eigenvalue weighted by atomic mass is 10.1. The molecule has 1 amide bonds. The fraction of sp³-hybridized carbons (Fsp3) is 0.214. The minimum absolute atomic E-state index is 0.170. The summed E-state index contributed by atoms with van der Waals surface area (Å²) in [6.07, 6.45) is 2.30. The third kappa shape index (κ3) is 3.67. The number of tetrazole rings is 1. The smallest absolute Gasteiger partial charge is 0.253 e. The molecule has 1 aromatic heterocycles. The average molecular weight is 297 g/mol. The molecule has 0 bridgehead atoms. The molecule has 0 radical (unpaired) electrons. The molecule has 0 atom stereocenters. The van der Waals surface area contributed by atoms with E-state index in [9.17, 15) is 4.79 Å². The number of hydrogen-bond donors (Lipinski definition) is 3. The maximum Gasteiger partial charge on any atom is 0.253 e. The fourth-order valence-electron chi connectivity index (χ4n) is 1.71. The van der Waals surface area contributed by atoms with Gasteiger partial charge >= 0.3 is 0 Å². The summed E-state index contributed by atoms with van der Waals surface area (Å²) >= 11 is 0. The van der Waals surface area contributed by atoms with Crippen LogP contribution in [0.5, 0.6) is 0 Å². The number of carbonyl (C=O) groups is 1. The van der Waals surface area contributed by atoms with Crippen LogP contribution in [0.4, 0.5) is 5.69 Å². The van der Waals surface area contributed by atoms with Gasteiger partial charge < -0.3 is 10.6 Å². The molecule has 0 unspecified atom stereocenters. The number of H-pyrrole nitrogens is 1. The van der Waals surface area contributed by atoms with Gasteiger partial charge in [0.05, 0.1) is 11.3 Å². The van der Waals surface area contributed by atoms with Crippen LogP contribution >= 0.6 is 0 Å². The van der Waals surface area contributed by atoms with Crippen LogP contribution in [0.15, 0.2) is 30.5 Å². The van der Waals surface area contributed by atoms with E-state index in [4.69, 9.17) is 5.26 Å². The summed E-state index contributed by atoms with van der Waals surface area (Å²) in [5.74, 6) is 0.0133. The number of nitrogens with zero attached hydrogens (tertiary/aromatic N) is 4. The first-order valence-corrected chi connectivity index (χ1v) is 6.74. The Morgan fingerprint density at radius 2 is 2.27 bits per heavy atom. The molecule has 8 nitrogen and oxygen atoms in total. The largest absolute Gasteiger partial charge is 0.360 e. The number of rotatable bonds is 6. The van der Waals surface area contributed by atoms with Gasteiger partial charge in [0.15, 0.2) is 0 Å². The van der Waals surface area contributed by atoms with Gasteiger partial charge in [-0.05, 0) is 23.8 Å². The van der Waals surface area contributed by atoms with E-state index in [1.54, 1.807) is 24.3 Å². The van der Waals surface area contributed by atoms with E-state index in [0.717, 1.165) is 6.42 Å². The van der Waals surface area contributed by atoms with Crippen molar-refractivity contribution in [1.82, 2.24) is 25.9 Å². The van der Waals surface area contributed by atoms with E-state index < -0.39 is 0 Å². The van der Waals surface area contributed by atoms with Crippen molar-refractivity contribution in [3.63, 3.8) is 0 Å². The molecule has 0 saturated carbocycles. The van der Waals surface area contributed by atoms with Crippen molar-refractivity contribution in [2.24, 2.45) is 0 Å². The highest BCUT2D eigenvalue weighted by molar-refractivity contribution is 5.99. The number of amides is 1. The van der Waals surface area contributed by atoms with Crippen molar-refractivity contribution >= 4 is 17.2 Å². The molecule has 3 N–H and O–H groups in total. The summed E-state index contributed by atoms with van der Waals surface area (Å²) in [7, 11) is 0. The van der Waals surface area contributed by atoms with Gasteiger partial charge in [-0.3, -0.25) is 4.79 Å². The first-order chi connectivity index (χ1) is 10.8. The highest BCUT2D eigenvalue weighted by Gasteiger charge is 2.10. The summed E-state index contributed by atoms with van der Waals surface area (Å²) in [6, 6.07) is 9.01. The monoisotopic (exact) mass is 297 g/mol. The second-order valence-electron chi connectivity index (χ2n) is 4.35. The topological polar surface area (TPSA) is 119 Å². The highest BCUT2D eigenvalue weighted by Crippen LogP contribution is 2.16. The van der Waals surface area contributed by atoms with Crippen LogP contribution in [0.25, 0.3) is 5.57 Å². The zero-order chi connectivity index (χ0) is 15.8. The molecule has 22 heavy (non-hydrogen) atoms. The van der Waals surface area contributed by atoms with Crippen LogP contribution in [0.2, 0.25) is 0 Å². The molecular weight excluding hydrogens is 282 g/mol. The number of aromatic amines is 1. The SMILES string of the molecule is CCCNC(=O)c1ccccc1NC=C(C#N)c1nn[nH]n1. The Morgan fingerprint density at radius 1 is 1.45 bits per heavy atom.